The molecule has 4 rings (SSSR count). The molecule has 1 aliphatic heterocycles. The lowest BCUT2D eigenvalue weighted by atomic mass is 9.70. The van der Waals surface area contributed by atoms with Crippen LogP contribution < -0.4 is 0 Å². The molecule has 1 saturated carbocycles. The van der Waals surface area contributed by atoms with Crippen molar-refractivity contribution in [2.45, 2.75) is 99.4 Å². The third-order valence-electron chi connectivity index (χ3n) is 8.19. The molecular formula is C33H51NO4S2. The molecule has 2 fully saturated rings. The minimum Gasteiger partial charge on any atom is -0.444 e. The second-order valence-corrected chi connectivity index (χ2v) is 13.6. The van der Waals surface area contributed by atoms with Gasteiger partial charge in [0.1, 0.15) is 5.60 Å². The molecule has 0 bridgehead atoms. The molecule has 0 spiro atoms. The third kappa shape index (κ3) is 8.91. The molecule has 2 aliphatic rings. The molecule has 40 heavy (non-hydrogen) atoms. The minimum atomic E-state index is -0.476. The van der Waals surface area contributed by atoms with Crippen molar-refractivity contribution in [3.05, 3.63) is 59.7 Å². The number of piperidine rings is 1. The topological polar surface area (TPSA) is 70.0 Å². The van der Waals surface area contributed by atoms with E-state index in [1.807, 2.05) is 20.8 Å². The van der Waals surface area contributed by atoms with E-state index in [2.05, 4.69) is 61.0 Å². The van der Waals surface area contributed by atoms with Gasteiger partial charge in [0.25, 0.3) is 0 Å². The maximum absolute atomic E-state index is 12.2. The standard InChI is InChI=1S/C18H27NO3S.C14H20OS.CH4/c1-17(2,3)22-16(21)19-11-9-18(13-20,10-12-19)14-5-7-15(23-4)8-6-14;1-16-13-7-5-12(6-8-13)14(11-15)9-3-2-4-10-14;/h5-8,20H,9-13H2,1-4H3;5-8,15H,2-4,9-11H2,1H3;1H4. The van der Waals surface area contributed by atoms with Crippen molar-refractivity contribution in [3.8, 4) is 0 Å². The predicted molar refractivity (Wildman–Crippen MR) is 171 cm³/mol. The van der Waals surface area contributed by atoms with E-state index in [4.69, 9.17) is 4.74 Å². The largest absolute Gasteiger partial charge is 0.444 e. The highest BCUT2D eigenvalue weighted by Gasteiger charge is 2.38. The number of aliphatic hydroxyl groups is 2. The normalized spacial score (nSPS) is 18.1. The third-order valence-corrected chi connectivity index (χ3v) is 9.68. The summed E-state index contributed by atoms with van der Waals surface area (Å²) in [4.78, 5) is 16.4. The Bertz CT molecular complexity index is 1020. The molecule has 1 aliphatic carbocycles. The van der Waals surface area contributed by atoms with Gasteiger partial charge in [0.2, 0.25) is 0 Å². The molecule has 0 radical (unpaired) electrons. The van der Waals surface area contributed by atoms with Gasteiger partial charge in [0.15, 0.2) is 0 Å². The molecule has 0 unspecified atom stereocenters. The number of amides is 1. The van der Waals surface area contributed by atoms with Crippen LogP contribution in [0.2, 0.25) is 0 Å². The van der Waals surface area contributed by atoms with Gasteiger partial charge in [-0.05, 0) is 94.4 Å². The smallest absolute Gasteiger partial charge is 0.410 e. The van der Waals surface area contributed by atoms with Crippen molar-refractivity contribution in [1.82, 2.24) is 4.90 Å². The lowest BCUT2D eigenvalue weighted by Crippen LogP contribution is -2.48. The molecule has 2 aromatic rings. The number of carbonyl (C=O) groups is 1. The van der Waals surface area contributed by atoms with Gasteiger partial charge in [-0.3, -0.25) is 0 Å². The van der Waals surface area contributed by atoms with Crippen molar-refractivity contribution >= 4 is 29.6 Å². The predicted octanol–water partition coefficient (Wildman–Crippen LogP) is 7.91. The number of benzene rings is 2. The van der Waals surface area contributed by atoms with E-state index < -0.39 is 5.60 Å². The summed E-state index contributed by atoms with van der Waals surface area (Å²) in [5.74, 6) is 0. The van der Waals surface area contributed by atoms with Crippen molar-refractivity contribution < 1.29 is 19.7 Å². The Morgan fingerprint density at radius 3 is 1.52 bits per heavy atom. The number of carbonyl (C=O) groups excluding carboxylic acids is 1. The fourth-order valence-electron chi connectivity index (χ4n) is 5.64. The zero-order valence-electron chi connectivity index (χ0n) is 24.4. The zero-order chi connectivity index (χ0) is 28.5. The lowest BCUT2D eigenvalue weighted by molar-refractivity contribution is 0.0123. The molecule has 7 heteroatoms. The number of nitrogens with zero attached hydrogens (tertiary/aromatic N) is 1. The summed E-state index contributed by atoms with van der Waals surface area (Å²) in [6.07, 6.45) is 11.5. The summed E-state index contributed by atoms with van der Waals surface area (Å²) in [6.45, 7) is 7.25. The molecule has 1 amide bonds. The summed E-state index contributed by atoms with van der Waals surface area (Å²) in [7, 11) is 0. The average Bonchev–Trinajstić information content (AvgIpc) is 2.97. The van der Waals surface area contributed by atoms with Gasteiger partial charge in [-0.15, -0.1) is 23.5 Å². The van der Waals surface area contributed by atoms with Crippen LogP contribution in [0.4, 0.5) is 4.79 Å². The first kappa shape index (κ1) is 34.5. The fourth-order valence-corrected chi connectivity index (χ4v) is 6.45. The molecule has 2 aromatic carbocycles. The second kappa shape index (κ2) is 15.5. The van der Waals surface area contributed by atoms with Gasteiger partial charge in [-0.25, -0.2) is 4.79 Å². The summed E-state index contributed by atoms with van der Waals surface area (Å²) >= 11 is 3.48. The average molecular weight is 590 g/mol. The summed E-state index contributed by atoms with van der Waals surface area (Å²) < 4.78 is 5.44. The molecule has 1 heterocycles. The highest BCUT2D eigenvalue weighted by molar-refractivity contribution is 7.98. The van der Waals surface area contributed by atoms with Crippen LogP contribution in [0.5, 0.6) is 0 Å². The Kier molecular flexibility index (Phi) is 13.4. The first-order chi connectivity index (χ1) is 18.6. The fraction of sp³-hybridized carbons (Fsp3) is 0.606. The van der Waals surface area contributed by atoms with Gasteiger partial charge in [-0.2, -0.15) is 0 Å². The molecule has 224 valence electrons. The SMILES string of the molecule is C.CSc1ccc(C2(CO)CCCCC2)cc1.CSc1ccc(C2(CO)CCN(C(=O)OC(C)(C)C)CC2)cc1. The maximum atomic E-state index is 12.2. The van der Waals surface area contributed by atoms with E-state index in [9.17, 15) is 15.0 Å². The highest BCUT2D eigenvalue weighted by atomic mass is 32.2. The number of ether oxygens (including phenoxy) is 1. The van der Waals surface area contributed by atoms with E-state index in [1.54, 1.807) is 28.4 Å². The number of hydrogen-bond acceptors (Lipinski definition) is 6. The lowest BCUT2D eigenvalue weighted by Gasteiger charge is -2.41. The number of likely N-dealkylation sites (tertiary alicyclic amines) is 1. The highest BCUT2D eigenvalue weighted by Crippen LogP contribution is 2.39. The van der Waals surface area contributed by atoms with Crippen LogP contribution in [-0.4, -0.2) is 65.6 Å². The van der Waals surface area contributed by atoms with Crippen LogP contribution in [0.3, 0.4) is 0 Å². The first-order valence-corrected chi connectivity index (χ1v) is 16.5. The Morgan fingerprint density at radius 2 is 1.18 bits per heavy atom. The quantitative estimate of drug-likeness (QED) is 0.334. The van der Waals surface area contributed by atoms with Crippen molar-refractivity contribution in [3.63, 3.8) is 0 Å². The van der Waals surface area contributed by atoms with E-state index in [0.717, 1.165) is 31.2 Å². The monoisotopic (exact) mass is 589 g/mol. The molecular weight excluding hydrogens is 539 g/mol. The number of aliphatic hydroxyl groups excluding tert-OH is 2. The van der Waals surface area contributed by atoms with Crippen LogP contribution in [0, 0.1) is 0 Å². The van der Waals surface area contributed by atoms with Crippen LogP contribution >= 0.6 is 23.5 Å². The van der Waals surface area contributed by atoms with Crippen LogP contribution in [-0.2, 0) is 15.6 Å². The zero-order valence-corrected chi connectivity index (χ0v) is 26.0. The minimum absolute atomic E-state index is 0. The summed E-state index contributed by atoms with van der Waals surface area (Å²) in [6, 6.07) is 17.1. The Balaban J connectivity index is 0.000000290. The van der Waals surface area contributed by atoms with E-state index >= 15 is 0 Å². The van der Waals surface area contributed by atoms with Gasteiger partial charge >= 0.3 is 6.09 Å². The molecule has 2 N–H and O–H groups in total. The van der Waals surface area contributed by atoms with Crippen LogP contribution in [0.25, 0.3) is 0 Å². The van der Waals surface area contributed by atoms with Gasteiger partial charge in [0.05, 0.1) is 13.2 Å². The summed E-state index contributed by atoms with van der Waals surface area (Å²) in [5.41, 5.74) is 1.80. The van der Waals surface area contributed by atoms with E-state index in [1.165, 1.54) is 34.6 Å². The maximum Gasteiger partial charge on any atom is 0.410 e. The molecule has 0 atom stereocenters. The molecule has 0 aromatic heterocycles. The van der Waals surface area contributed by atoms with Gasteiger partial charge < -0.3 is 19.8 Å². The molecule has 5 nitrogen and oxygen atoms in total. The Labute approximate surface area is 251 Å². The number of thioether (sulfide) groups is 2. The first-order valence-electron chi connectivity index (χ1n) is 14.1. The Hall–Kier alpha value is -1.67. The van der Waals surface area contributed by atoms with Crippen molar-refractivity contribution in [2.24, 2.45) is 0 Å². The summed E-state index contributed by atoms with van der Waals surface area (Å²) in [5, 5.41) is 19.7. The van der Waals surface area contributed by atoms with Crippen LogP contribution in [0.1, 0.15) is 84.3 Å². The van der Waals surface area contributed by atoms with Crippen molar-refractivity contribution in [2.75, 3.05) is 38.8 Å². The van der Waals surface area contributed by atoms with Crippen molar-refractivity contribution in [1.29, 1.82) is 0 Å². The van der Waals surface area contributed by atoms with E-state index in [-0.39, 0.29) is 31.0 Å². The number of rotatable bonds is 6. The van der Waals surface area contributed by atoms with Crippen LogP contribution in [0.15, 0.2) is 58.3 Å². The van der Waals surface area contributed by atoms with Gasteiger partial charge in [0, 0.05) is 33.7 Å². The Morgan fingerprint density at radius 1 is 0.775 bits per heavy atom. The number of hydrogen-bond donors (Lipinski definition) is 2. The molecule has 1 saturated heterocycles. The van der Waals surface area contributed by atoms with Gasteiger partial charge in [-0.1, -0.05) is 51.0 Å². The second-order valence-electron chi connectivity index (χ2n) is 11.9. The van der Waals surface area contributed by atoms with E-state index in [0.29, 0.717) is 19.7 Å².